The van der Waals surface area contributed by atoms with Crippen molar-refractivity contribution >= 4 is 33.4 Å². The molecule has 5 aromatic rings. The quantitative estimate of drug-likeness (QED) is 0.269. The van der Waals surface area contributed by atoms with Gasteiger partial charge in [0.25, 0.3) is 5.91 Å². The zero-order valence-corrected chi connectivity index (χ0v) is 20.1. The zero-order chi connectivity index (χ0) is 24.9. The van der Waals surface area contributed by atoms with Gasteiger partial charge in [0, 0.05) is 40.7 Å². The van der Waals surface area contributed by atoms with E-state index in [9.17, 15) is 9.90 Å². The van der Waals surface area contributed by atoms with Crippen LogP contribution in [0.25, 0.3) is 32.9 Å². The highest BCUT2D eigenvalue weighted by atomic mass is 16.5. The molecule has 6 nitrogen and oxygen atoms in total. The third kappa shape index (κ3) is 4.90. The van der Waals surface area contributed by atoms with E-state index < -0.39 is 5.91 Å². The normalized spacial score (nSPS) is 11.8. The average Bonchev–Trinajstić information content (AvgIpc) is 3.33. The lowest BCUT2D eigenvalue weighted by atomic mass is 10.0. The van der Waals surface area contributed by atoms with E-state index in [1.807, 2.05) is 67.7 Å². The Morgan fingerprint density at radius 1 is 1.03 bits per heavy atom. The Bertz CT molecular complexity index is 1570. The minimum atomic E-state index is -0.444. The van der Waals surface area contributed by atoms with E-state index in [2.05, 4.69) is 21.0 Å². The maximum atomic E-state index is 13.4. The minimum Gasteiger partial charge on any atom is -0.493 e. The van der Waals surface area contributed by atoms with E-state index in [0.717, 1.165) is 44.9 Å². The largest absolute Gasteiger partial charge is 0.493 e. The van der Waals surface area contributed by atoms with E-state index in [0.29, 0.717) is 30.1 Å². The molecule has 2 N–H and O–H groups in total. The number of nitrogens with one attached hydrogen (secondary N) is 1. The molecule has 0 spiro atoms. The number of fused-ring (bicyclic) bond motifs is 2. The van der Waals surface area contributed by atoms with Crippen LogP contribution in [0.4, 0.5) is 0 Å². The van der Waals surface area contributed by atoms with Crippen molar-refractivity contribution in [3.8, 4) is 16.9 Å². The van der Waals surface area contributed by atoms with E-state index in [4.69, 9.17) is 4.74 Å². The molecule has 0 atom stereocenters. The summed E-state index contributed by atoms with van der Waals surface area (Å²) in [6.45, 7) is 2.19. The lowest BCUT2D eigenvalue weighted by molar-refractivity contribution is 0.0998. The van der Waals surface area contributed by atoms with Gasteiger partial charge >= 0.3 is 0 Å². The first-order chi connectivity index (χ1) is 17.7. The Morgan fingerprint density at radius 2 is 1.86 bits per heavy atom. The van der Waals surface area contributed by atoms with Gasteiger partial charge in [-0.15, -0.1) is 0 Å². The number of aliphatic hydroxyl groups is 1. The lowest BCUT2D eigenvalue weighted by Crippen LogP contribution is -2.12. The number of H-pyrrole nitrogens is 1. The molecule has 0 saturated carbocycles. The second-order valence-electron chi connectivity index (χ2n) is 8.65. The number of para-hydroxylation sites is 2. The van der Waals surface area contributed by atoms with Crippen LogP contribution in [0.3, 0.4) is 0 Å². The predicted octanol–water partition coefficient (Wildman–Crippen LogP) is 5.99. The first-order valence-corrected chi connectivity index (χ1v) is 12.0. The van der Waals surface area contributed by atoms with Gasteiger partial charge in [0.05, 0.1) is 30.0 Å². The molecule has 0 fully saturated rings. The number of amides is 1. The van der Waals surface area contributed by atoms with Crippen molar-refractivity contribution in [2.24, 2.45) is 4.99 Å². The number of ether oxygens (including phenoxy) is 1. The summed E-state index contributed by atoms with van der Waals surface area (Å²) in [6, 6.07) is 23.4. The molecule has 3 aromatic carbocycles. The number of hydrogen-bond donors (Lipinski definition) is 2. The molecule has 1 amide bonds. The Morgan fingerprint density at radius 3 is 2.72 bits per heavy atom. The van der Waals surface area contributed by atoms with Crippen LogP contribution in [0.1, 0.15) is 29.3 Å². The number of aliphatic hydroxyl groups excluding tert-OH is 1. The second-order valence-corrected chi connectivity index (χ2v) is 8.65. The zero-order valence-electron chi connectivity index (χ0n) is 20.1. The molecule has 180 valence electrons. The van der Waals surface area contributed by atoms with E-state index in [1.165, 1.54) is 0 Å². The second kappa shape index (κ2) is 10.5. The van der Waals surface area contributed by atoms with Crippen molar-refractivity contribution in [1.29, 1.82) is 0 Å². The average molecular weight is 478 g/mol. The number of nitrogens with zero attached hydrogens (tertiary/aromatic N) is 2. The number of aromatic amines is 1. The molecule has 2 heterocycles. The van der Waals surface area contributed by atoms with Crippen molar-refractivity contribution in [3.05, 3.63) is 96.3 Å². The fourth-order valence-electron chi connectivity index (χ4n) is 4.28. The van der Waals surface area contributed by atoms with E-state index >= 15 is 0 Å². The predicted molar refractivity (Wildman–Crippen MR) is 144 cm³/mol. The molecule has 0 aliphatic rings. The number of hydrogen-bond acceptors (Lipinski definition) is 4. The summed E-state index contributed by atoms with van der Waals surface area (Å²) in [4.78, 5) is 25.5. The van der Waals surface area contributed by atoms with Crippen LogP contribution in [0, 0.1) is 0 Å². The summed E-state index contributed by atoms with van der Waals surface area (Å²) in [5.41, 5.74) is 5.39. The smallest absolute Gasteiger partial charge is 0.280 e. The van der Waals surface area contributed by atoms with Crippen molar-refractivity contribution in [1.82, 2.24) is 9.97 Å². The SMILES string of the molecule is CCCOc1ccc(-c2cnc3ccccc3c2)cc1C(=O)N=C(CO)Cc1c[nH]c2ccccc12. The van der Waals surface area contributed by atoms with E-state index in [-0.39, 0.29) is 6.61 Å². The molecule has 0 saturated heterocycles. The monoisotopic (exact) mass is 477 g/mol. The Kier molecular flexibility index (Phi) is 6.87. The Balaban J connectivity index is 1.49. The molecular weight excluding hydrogens is 450 g/mol. The molecule has 0 aliphatic carbocycles. The number of benzene rings is 3. The third-order valence-corrected chi connectivity index (χ3v) is 6.11. The molecule has 0 radical (unpaired) electrons. The van der Waals surface area contributed by atoms with Gasteiger partial charge in [0.15, 0.2) is 0 Å². The van der Waals surface area contributed by atoms with Gasteiger partial charge in [-0.1, -0.05) is 49.4 Å². The van der Waals surface area contributed by atoms with Crippen LogP contribution in [0.15, 0.2) is 90.2 Å². The maximum Gasteiger partial charge on any atom is 0.280 e. The van der Waals surface area contributed by atoms with E-state index in [1.54, 1.807) is 18.3 Å². The molecule has 36 heavy (non-hydrogen) atoms. The molecule has 0 aliphatic heterocycles. The standard InChI is InChI=1S/C30H27N3O3/c1-2-13-36-29-12-11-20(22-14-21-7-3-5-9-27(21)31-17-22)16-26(29)30(35)33-24(19-34)15-23-18-32-28-10-6-4-8-25(23)28/h3-12,14,16-18,32,34H,2,13,15,19H2,1H3. The van der Waals surface area contributed by atoms with Crippen molar-refractivity contribution < 1.29 is 14.6 Å². The molecule has 0 unspecified atom stereocenters. The van der Waals surface area contributed by atoms with Crippen molar-refractivity contribution in [2.45, 2.75) is 19.8 Å². The third-order valence-electron chi connectivity index (χ3n) is 6.11. The van der Waals surface area contributed by atoms with Gasteiger partial charge in [-0.2, -0.15) is 0 Å². The molecule has 5 rings (SSSR count). The summed E-state index contributed by atoms with van der Waals surface area (Å²) in [6.07, 6.45) is 4.88. The Labute approximate surface area is 209 Å². The summed E-state index contributed by atoms with van der Waals surface area (Å²) >= 11 is 0. The van der Waals surface area contributed by atoms with Crippen LogP contribution in [-0.2, 0) is 6.42 Å². The maximum absolute atomic E-state index is 13.4. The van der Waals surface area contributed by atoms with Gasteiger partial charge in [0.1, 0.15) is 5.75 Å². The van der Waals surface area contributed by atoms with Crippen LogP contribution in [0.5, 0.6) is 5.75 Å². The van der Waals surface area contributed by atoms with Crippen LogP contribution >= 0.6 is 0 Å². The fourth-order valence-corrected chi connectivity index (χ4v) is 4.28. The topological polar surface area (TPSA) is 87.6 Å². The first kappa shape index (κ1) is 23.5. The minimum absolute atomic E-state index is 0.315. The lowest BCUT2D eigenvalue weighted by Gasteiger charge is -2.12. The number of rotatable bonds is 8. The highest BCUT2D eigenvalue weighted by Crippen LogP contribution is 2.29. The van der Waals surface area contributed by atoms with Gasteiger partial charge in [0.2, 0.25) is 0 Å². The highest BCUT2D eigenvalue weighted by molar-refractivity contribution is 6.07. The fraction of sp³-hybridized carbons (Fsp3) is 0.167. The summed E-state index contributed by atoms with van der Waals surface area (Å²) < 4.78 is 5.87. The van der Waals surface area contributed by atoms with Gasteiger partial charge < -0.3 is 14.8 Å². The number of aliphatic imine (C=N–C) groups is 1. The number of carbonyl (C=O) groups is 1. The van der Waals surface area contributed by atoms with Gasteiger partial charge in [-0.3, -0.25) is 9.78 Å². The summed E-state index contributed by atoms with van der Waals surface area (Å²) in [5.74, 6) is 0.0353. The molecule has 0 bridgehead atoms. The van der Waals surface area contributed by atoms with Gasteiger partial charge in [-0.05, 0) is 47.9 Å². The van der Waals surface area contributed by atoms with Crippen molar-refractivity contribution in [3.63, 3.8) is 0 Å². The summed E-state index contributed by atoms with van der Waals surface area (Å²) in [5, 5.41) is 12.1. The molecule has 6 heteroatoms. The van der Waals surface area contributed by atoms with Gasteiger partial charge in [-0.25, -0.2) is 4.99 Å². The van der Waals surface area contributed by atoms with Crippen LogP contribution in [-0.4, -0.2) is 39.9 Å². The van der Waals surface area contributed by atoms with Crippen molar-refractivity contribution in [2.75, 3.05) is 13.2 Å². The Hall–Kier alpha value is -4.29. The number of aromatic nitrogens is 2. The molecule has 2 aromatic heterocycles. The summed E-state index contributed by atoms with van der Waals surface area (Å²) in [7, 11) is 0. The number of carbonyl (C=O) groups excluding carboxylic acids is 1. The first-order valence-electron chi connectivity index (χ1n) is 12.0. The molecular formula is C30H27N3O3. The number of pyridine rings is 1. The highest BCUT2D eigenvalue weighted by Gasteiger charge is 2.16. The van der Waals surface area contributed by atoms with Crippen LogP contribution < -0.4 is 4.74 Å². The van der Waals surface area contributed by atoms with Crippen LogP contribution in [0.2, 0.25) is 0 Å².